The lowest BCUT2D eigenvalue weighted by molar-refractivity contribution is -0.117. The number of nitrogens with zero attached hydrogens (tertiary/aromatic N) is 3. The monoisotopic (exact) mass is 444 g/mol. The van der Waals surface area contributed by atoms with Gasteiger partial charge in [-0.2, -0.15) is 5.26 Å². The summed E-state index contributed by atoms with van der Waals surface area (Å²) in [5, 5.41) is 22.1. The first-order valence-corrected chi connectivity index (χ1v) is 10.8. The number of hydrogen-bond donors (Lipinski definition) is 2. The average Bonchev–Trinajstić information content (AvgIpc) is 3.03. The third-order valence-electron chi connectivity index (χ3n) is 6.05. The summed E-state index contributed by atoms with van der Waals surface area (Å²) in [6.07, 6.45) is 2.88. The van der Waals surface area contributed by atoms with Crippen LogP contribution in [-0.2, 0) is 4.79 Å². The van der Waals surface area contributed by atoms with E-state index >= 15 is 0 Å². The molecule has 0 fully saturated rings. The summed E-state index contributed by atoms with van der Waals surface area (Å²) in [7, 11) is 0. The standard InChI is InChI=1S/C26H25FN4O2/c1-17-18(2)31(22-5-3-4-21(27)14-22)26(24(17)15-28)29-25(33)16-30-12-10-20(11-13-30)19-6-8-23(32)9-7-19/h3-10,14,32H,11-13,16H2,1-2H3,(H,29,33). The number of phenolic OH excluding ortho intramolecular Hbond substituents is 1. The first kappa shape index (κ1) is 22.3. The fourth-order valence-electron chi connectivity index (χ4n) is 4.17. The van der Waals surface area contributed by atoms with Crippen LogP contribution >= 0.6 is 0 Å². The van der Waals surface area contributed by atoms with Crippen molar-refractivity contribution in [2.24, 2.45) is 0 Å². The van der Waals surface area contributed by atoms with Gasteiger partial charge in [0.05, 0.1) is 17.8 Å². The van der Waals surface area contributed by atoms with E-state index in [-0.39, 0.29) is 18.2 Å². The summed E-state index contributed by atoms with van der Waals surface area (Å²) in [6, 6.07) is 15.4. The third kappa shape index (κ3) is 4.66. The van der Waals surface area contributed by atoms with Crippen molar-refractivity contribution in [2.45, 2.75) is 20.3 Å². The van der Waals surface area contributed by atoms with E-state index in [1.54, 1.807) is 28.8 Å². The van der Waals surface area contributed by atoms with Gasteiger partial charge in [-0.3, -0.25) is 14.3 Å². The number of halogens is 1. The Bertz CT molecular complexity index is 1270. The predicted molar refractivity (Wildman–Crippen MR) is 126 cm³/mol. The first-order chi connectivity index (χ1) is 15.9. The van der Waals surface area contributed by atoms with Crippen molar-refractivity contribution < 1.29 is 14.3 Å². The largest absolute Gasteiger partial charge is 0.508 e. The summed E-state index contributed by atoms with van der Waals surface area (Å²) in [4.78, 5) is 14.9. The highest BCUT2D eigenvalue weighted by Crippen LogP contribution is 2.30. The Morgan fingerprint density at radius 3 is 2.61 bits per heavy atom. The smallest absolute Gasteiger partial charge is 0.239 e. The van der Waals surface area contributed by atoms with Gasteiger partial charge in [-0.1, -0.05) is 24.3 Å². The summed E-state index contributed by atoms with van der Waals surface area (Å²) in [6.45, 7) is 5.18. The molecule has 7 heteroatoms. The zero-order valence-electron chi connectivity index (χ0n) is 18.6. The van der Waals surface area contributed by atoms with Gasteiger partial charge in [0.1, 0.15) is 23.5 Å². The van der Waals surface area contributed by atoms with Gasteiger partial charge in [-0.15, -0.1) is 0 Å². The van der Waals surface area contributed by atoms with Crippen LogP contribution in [0.2, 0.25) is 0 Å². The number of hydrogen-bond acceptors (Lipinski definition) is 4. The van der Waals surface area contributed by atoms with Crippen molar-refractivity contribution >= 4 is 17.3 Å². The van der Waals surface area contributed by atoms with E-state index in [0.717, 1.165) is 23.2 Å². The van der Waals surface area contributed by atoms with Crippen LogP contribution in [-0.4, -0.2) is 40.1 Å². The maximum Gasteiger partial charge on any atom is 0.239 e. The van der Waals surface area contributed by atoms with Gasteiger partial charge in [0.25, 0.3) is 0 Å². The highest BCUT2D eigenvalue weighted by Gasteiger charge is 2.22. The Balaban J connectivity index is 1.51. The topological polar surface area (TPSA) is 81.3 Å². The van der Waals surface area contributed by atoms with Crippen LogP contribution in [0.1, 0.15) is 28.8 Å². The molecule has 0 spiro atoms. The summed E-state index contributed by atoms with van der Waals surface area (Å²) >= 11 is 0. The SMILES string of the molecule is Cc1c(C#N)c(NC(=O)CN2CC=C(c3ccc(O)cc3)CC2)n(-c2cccc(F)c2)c1C. The van der Waals surface area contributed by atoms with Crippen LogP contribution < -0.4 is 5.32 Å². The molecule has 1 aliphatic heterocycles. The number of rotatable bonds is 5. The summed E-state index contributed by atoms with van der Waals surface area (Å²) < 4.78 is 15.6. The number of aromatic nitrogens is 1. The number of nitrogens with one attached hydrogen (secondary N) is 1. The first-order valence-electron chi connectivity index (χ1n) is 10.8. The molecule has 6 nitrogen and oxygen atoms in total. The van der Waals surface area contributed by atoms with Gasteiger partial charge in [0, 0.05) is 18.8 Å². The van der Waals surface area contributed by atoms with Crippen LogP contribution in [0.25, 0.3) is 11.3 Å². The zero-order chi connectivity index (χ0) is 23.5. The van der Waals surface area contributed by atoms with E-state index < -0.39 is 5.82 Å². The summed E-state index contributed by atoms with van der Waals surface area (Å²) in [5.41, 5.74) is 4.69. The number of anilines is 1. The van der Waals surface area contributed by atoms with Gasteiger partial charge in [-0.05, 0) is 67.3 Å². The zero-order valence-corrected chi connectivity index (χ0v) is 18.6. The van der Waals surface area contributed by atoms with Gasteiger partial charge >= 0.3 is 0 Å². The molecule has 168 valence electrons. The lowest BCUT2D eigenvalue weighted by Crippen LogP contribution is -2.36. The van der Waals surface area contributed by atoms with Crippen LogP contribution in [0.4, 0.5) is 10.2 Å². The molecule has 2 heterocycles. The van der Waals surface area contributed by atoms with Crippen molar-refractivity contribution in [3.8, 4) is 17.5 Å². The van der Waals surface area contributed by atoms with Crippen molar-refractivity contribution in [3.05, 3.63) is 82.8 Å². The molecule has 0 aliphatic carbocycles. The third-order valence-corrected chi connectivity index (χ3v) is 6.05. The number of amides is 1. The highest BCUT2D eigenvalue weighted by atomic mass is 19.1. The van der Waals surface area contributed by atoms with Crippen molar-refractivity contribution in [1.82, 2.24) is 9.47 Å². The molecular weight excluding hydrogens is 419 g/mol. The Kier molecular flexibility index (Phi) is 6.29. The molecule has 0 saturated carbocycles. The highest BCUT2D eigenvalue weighted by molar-refractivity contribution is 5.93. The van der Waals surface area contributed by atoms with E-state index in [0.29, 0.717) is 30.2 Å². The normalized spacial score (nSPS) is 13.9. The lowest BCUT2D eigenvalue weighted by atomic mass is 9.99. The Morgan fingerprint density at radius 1 is 1.21 bits per heavy atom. The fraction of sp³-hybridized carbons (Fsp3) is 0.231. The minimum absolute atomic E-state index is 0.177. The summed E-state index contributed by atoms with van der Waals surface area (Å²) in [5.74, 6) is -0.0270. The molecule has 1 amide bonds. The fourth-order valence-corrected chi connectivity index (χ4v) is 4.17. The second kappa shape index (κ2) is 9.31. The second-order valence-electron chi connectivity index (χ2n) is 8.17. The van der Waals surface area contributed by atoms with Gasteiger partial charge in [0.2, 0.25) is 5.91 Å². The molecule has 1 aliphatic rings. The Hall–Kier alpha value is -3.89. The van der Waals surface area contributed by atoms with Crippen molar-refractivity contribution in [2.75, 3.05) is 25.0 Å². The maximum atomic E-state index is 13.9. The number of phenols is 1. The molecule has 1 aromatic heterocycles. The van der Waals surface area contributed by atoms with Crippen molar-refractivity contribution in [3.63, 3.8) is 0 Å². The second-order valence-corrected chi connectivity index (χ2v) is 8.17. The number of benzene rings is 2. The van der Waals surface area contributed by atoms with Crippen LogP contribution in [0.15, 0.2) is 54.6 Å². The minimum atomic E-state index is -0.390. The van der Waals surface area contributed by atoms with E-state index in [1.807, 2.05) is 30.9 Å². The molecule has 0 radical (unpaired) electrons. The molecule has 0 bridgehead atoms. The molecule has 33 heavy (non-hydrogen) atoms. The van der Waals surface area contributed by atoms with E-state index in [2.05, 4.69) is 17.5 Å². The predicted octanol–water partition coefficient (Wildman–Crippen LogP) is 4.54. The van der Waals surface area contributed by atoms with E-state index in [9.17, 15) is 19.6 Å². The quantitative estimate of drug-likeness (QED) is 0.606. The molecule has 0 atom stereocenters. The number of aromatic hydroxyl groups is 1. The lowest BCUT2D eigenvalue weighted by Gasteiger charge is -2.26. The maximum absolute atomic E-state index is 13.9. The van der Waals surface area contributed by atoms with Gasteiger partial charge in [0.15, 0.2) is 0 Å². The van der Waals surface area contributed by atoms with Crippen molar-refractivity contribution in [1.29, 1.82) is 5.26 Å². The van der Waals surface area contributed by atoms with Crippen LogP contribution in [0.3, 0.4) is 0 Å². The van der Waals surface area contributed by atoms with Crippen LogP contribution in [0.5, 0.6) is 5.75 Å². The van der Waals surface area contributed by atoms with E-state index in [1.165, 1.54) is 17.7 Å². The molecular formula is C26H25FN4O2. The Labute approximate surface area is 192 Å². The van der Waals surface area contributed by atoms with Gasteiger partial charge < -0.3 is 10.4 Å². The average molecular weight is 445 g/mol. The molecule has 0 unspecified atom stereocenters. The molecule has 2 N–H and O–H groups in total. The Morgan fingerprint density at radius 2 is 1.97 bits per heavy atom. The molecule has 3 aromatic rings. The number of nitriles is 1. The van der Waals surface area contributed by atoms with Crippen LogP contribution in [0, 0.1) is 31.0 Å². The van der Waals surface area contributed by atoms with E-state index in [4.69, 9.17) is 0 Å². The molecule has 0 saturated heterocycles. The van der Waals surface area contributed by atoms with Gasteiger partial charge in [-0.25, -0.2) is 4.39 Å². The molecule has 2 aromatic carbocycles. The molecule has 4 rings (SSSR count). The minimum Gasteiger partial charge on any atom is -0.508 e. The number of carbonyl (C=O) groups excluding carboxylic acids is 1. The number of carbonyl (C=O) groups is 1.